The molecule has 5 heteroatoms. The van der Waals surface area contributed by atoms with Gasteiger partial charge in [-0.25, -0.2) is 4.98 Å². The summed E-state index contributed by atoms with van der Waals surface area (Å²) in [6.45, 7) is 4.32. The lowest BCUT2D eigenvalue weighted by atomic mass is 10.3. The van der Waals surface area contributed by atoms with E-state index < -0.39 is 0 Å². The van der Waals surface area contributed by atoms with Crippen molar-refractivity contribution in [2.45, 2.75) is 18.9 Å². The molecule has 0 saturated heterocycles. The molecule has 0 aliphatic carbocycles. The summed E-state index contributed by atoms with van der Waals surface area (Å²) in [6, 6.07) is 0. The van der Waals surface area contributed by atoms with Crippen molar-refractivity contribution in [1.82, 2.24) is 9.38 Å². The van der Waals surface area contributed by atoms with Crippen LogP contribution >= 0.6 is 23.1 Å². The third-order valence-electron chi connectivity index (χ3n) is 1.93. The molecule has 0 N–H and O–H groups in total. The molecule has 2 heterocycles. The molecule has 0 saturated carbocycles. The topological polar surface area (TPSA) is 34.4 Å². The zero-order valence-electron chi connectivity index (χ0n) is 8.64. The monoisotopic (exact) mass is 240 g/mol. The molecule has 0 radical (unpaired) electrons. The molecule has 0 aliphatic heterocycles. The number of thioether (sulfide) groups is 1. The van der Waals surface area contributed by atoms with Gasteiger partial charge in [-0.1, -0.05) is 13.8 Å². The number of aromatic nitrogens is 2. The van der Waals surface area contributed by atoms with Crippen molar-refractivity contribution in [3.8, 4) is 0 Å². The van der Waals surface area contributed by atoms with Gasteiger partial charge in [0.15, 0.2) is 11.2 Å². The Bertz CT molecular complexity index is 473. The SMILES string of the molecule is CC(C)CSc1nc2sccn2c1C=O. The molecular weight excluding hydrogens is 228 g/mol. The summed E-state index contributed by atoms with van der Waals surface area (Å²) in [4.78, 5) is 16.3. The van der Waals surface area contributed by atoms with E-state index in [4.69, 9.17) is 0 Å². The Morgan fingerprint density at radius 3 is 3.13 bits per heavy atom. The van der Waals surface area contributed by atoms with Crippen LogP contribution in [0.1, 0.15) is 24.3 Å². The minimum Gasteiger partial charge on any atom is -0.296 e. The van der Waals surface area contributed by atoms with E-state index in [2.05, 4.69) is 18.8 Å². The maximum atomic E-state index is 11.0. The van der Waals surface area contributed by atoms with Crippen molar-refractivity contribution < 1.29 is 4.79 Å². The first-order valence-corrected chi connectivity index (χ1v) is 6.62. The van der Waals surface area contributed by atoms with Gasteiger partial charge in [0.1, 0.15) is 10.7 Å². The van der Waals surface area contributed by atoms with E-state index in [1.54, 1.807) is 23.1 Å². The van der Waals surface area contributed by atoms with Crippen LogP contribution in [0.5, 0.6) is 0 Å². The van der Waals surface area contributed by atoms with Crippen molar-refractivity contribution in [3.63, 3.8) is 0 Å². The first-order valence-electron chi connectivity index (χ1n) is 4.76. The zero-order chi connectivity index (χ0) is 10.8. The van der Waals surface area contributed by atoms with Gasteiger partial charge < -0.3 is 0 Å². The Morgan fingerprint density at radius 2 is 2.47 bits per heavy atom. The number of rotatable bonds is 4. The number of nitrogens with zero attached hydrogens (tertiary/aromatic N) is 2. The van der Waals surface area contributed by atoms with E-state index in [9.17, 15) is 4.79 Å². The number of carbonyl (C=O) groups excluding carboxylic acids is 1. The Balaban J connectivity index is 2.33. The fourth-order valence-corrected chi connectivity index (χ4v) is 2.96. The molecule has 0 fully saturated rings. The Hall–Kier alpha value is -0.810. The van der Waals surface area contributed by atoms with Gasteiger partial charge in [0.05, 0.1) is 0 Å². The van der Waals surface area contributed by atoms with Gasteiger partial charge in [-0.05, 0) is 5.92 Å². The molecule has 0 amide bonds. The molecule has 2 aromatic heterocycles. The van der Waals surface area contributed by atoms with Crippen molar-refractivity contribution in [3.05, 3.63) is 17.3 Å². The molecule has 15 heavy (non-hydrogen) atoms. The second-order valence-electron chi connectivity index (χ2n) is 3.68. The number of thiazole rings is 1. The maximum Gasteiger partial charge on any atom is 0.195 e. The van der Waals surface area contributed by atoms with E-state index in [0.717, 1.165) is 22.0 Å². The number of carbonyl (C=O) groups is 1. The molecule has 0 aliphatic rings. The van der Waals surface area contributed by atoms with Gasteiger partial charge in [-0.15, -0.1) is 23.1 Å². The summed E-state index contributed by atoms with van der Waals surface area (Å²) in [5.74, 6) is 1.60. The fourth-order valence-electron chi connectivity index (χ4n) is 1.24. The predicted octanol–water partition coefficient (Wildman–Crippen LogP) is 2.96. The lowest BCUT2D eigenvalue weighted by Crippen LogP contribution is -1.93. The average Bonchev–Trinajstić information content (AvgIpc) is 2.72. The van der Waals surface area contributed by atoms with Crippen molar-refractivity contribution in [2.24, 2.45) is 5.92 Å². The summed E-state index contributed by atoms with van der Waals surface area (Å²) in [5, 5.41) is 2.79. The molecule has 2 aromatic rings. The molecule has 3 nitrogen and oxygen atoms in total. The molecule has 80 valence electrons. The summed E-state index contributed by atoms with van der Waals surface area (Å²) in [6.07, 6.45) is 2.77. The highest BCUT2D eigenvalue weighted by molar-refractivity contribution is 7.99. The molecule has 2 rings (SSSR count). The summed E-state index contributed by atoms with van der Waals surface area (Å²) in [5.41, 5.74) is 0.678. The van der Waals surface area contributed by atoms with Gasteiger partial charge in [0.25, 0.3) is 0 Å². The van der Waals surface area contributed by atoms with Gasteiger partial charge >= 0.3 is 0 Å². The standard InChI is InChI=1S/C10H12N2OS2/c1-7(2)6-15-9-8(5-13)12-3-4-14-10(12)11-9/h3-5,7H,6H2,1-2H3. The van der Waals surface area contributed by atoms with Gasteiger partial charge in [0.2, 0.25) is 0 Å². The number of imidazole rings is 1. The lowest BCUT2D eigenvalue weighted by Gasteiger charge is -2.01. The van der Waals surface area contributed by atoms with Crippen molar-refractivity contribution >= 4 is 34.3 Å². The van der Waals surface area contributed by atoms with Crippen LogP contribution in [-0.4, -0.2) is 21.4 Å². The van der Waals surface area contributed by atoms with E-state index in [-0.39, 0.29) is 0 Å². The first kappa shape index (κ1) is 10.7. The summed E-state index contributed by atoms with van der Waals surface area (Å²) < 4.78 is 1.85. The van der Waals surface area contributed by atoms with Crippen LogP contribution in [0.3, 0.4) is 0 Å². The fraction of sp³-hybridized carbons (Fsp3) is 0.400. The normalized spacial score (nSPS) is 11.4. The van der Waals surface area contributed by atoms with Crippen LogP contribution < -0.4 is 0 Å². The molecule has 0 aromatic carbocycles. The lowest BCUT2D eigenvalue weighted by molar-refractivity contribution is 0.111. The predicted molar refractivity (Wildman–Crippen MR) is 64.0 cm³/mol. The second-order valence-corrected chi connectivity index (χ2v) is 5.56. The largest absolute Gasteiger partial charge is 0.296 e. The van der Waals surface area contributed by atoms with E-state index in [0.29, 0.717) is 11.6 Å². The van der Waals surface area contributed by atoms with Crippen LogP contribution in [0, 0.1) is 5.92 Å². The van der Waals surface area contributed by atoms with Gasteiger partial charge in [0, 0.05) is 17.3 Å². The Morgan fingerprint density at radius 1 is 1.67 bits per heavy atom. The van der Waals surface area contributed by atoms with E-state index in [1.165, 1.54) is 0 Å². The summed E-state index contributed by atoms with van der Waals surface area (Å²) in [7, 11) is 0. The quantitative estimate of drug-likeness (QED) is 0.608. The zero-order valence-corrected chi connectivity index (χ0v) is 10.3. The third-order valence-corrected chi connectivity index (χ3v) is 4.09. The molecule has 0 unspecified atom stereocenters. The highest BCUT2D eigenvalue weighted by Gasteiger charge is 2.12. The van der Waals surface area contributed by atoms with Crippen LogP contribution in [-0.2, 0) is 0 Å². The first-order chi connectivity index (χ1) is 7.22. The number of fused-ring (bicyclic) bond motifs is 1. The molecule has 0 bridgehead atoms. The van der Waals surface area contributed by atoms with E-state index in [1.807, 2.05) is 16.0 Å². The van der Waals surface area contributed by atoms with Crippen molar-refractivity contribution in [1.29, 1.82) is 0 Å². The number of aldehydes is 1. The maximum absolute atomic E-state index is 11.0. The highest BCUT2D eigenvalue weighted by Crippen LogP contribution is 2.26. The number of hydrogen-bond donors (Lipinski definition) is 0. The second kappa shape index (κ2) is 4.37. The van der Waals surface area contributed by atoms with Gasteiger partial charge in [-0.2, -0.15) is 0 Å². The van der Waals surface area contributed by atoms with Crippen LogP contribution in [0.2, 0.25) is 0 Å². The average molecular weight is 240 g/mol. The minimum absolute atomic E-state index is 0.606. The minimum atomic E-state index is 0.606. The highest BCUT2D eigenvalue weighted by atomic mass is 32.2. The van der Waals surface area contributed by atoms with Crippen LogP contribution in [0.25, 0.3) is 4.96 Å². The van der Waals surface area contributed by atoms with E-state index >= 15 is 0 Å². The number of hydrogen-bond acceptors (Lipinski definition) is 4. The van der Waals surface area contributed by atoms with Crippen LogP contribution in [0.4, 0.5) is 0 Å². The molecule has 0 atom stereocenters. The smallest absolute Gasteiger partial charge is 0.195 e. The van der Waals surface area contributed by atoms with Gasteiger partial charge in [-0.3, -0.25) is 9.20 Å². The third kappa shape index (κ3) is 2.08. The molecular formula is C10H12N2OS2. The Labute approximate surface area is 96.5 Å². The molecule has 0 spiro atoms. The summed E-state index contributed by atoms with van der Waals surface area (Å²) >= 11 is 3.21. The van der Waals surface area contributed by atoms with Crippen LogP contribution in [0.15, 0.2) is 16.6 Å². The Kier molecular flexibility index (Phi) is 3.11. The van der Waals surface area contributed by atoms with Crippen molar-refractivity contribution in [2.75, 3.05) is 5.75 Å².